The smallest absolute Gasteiger partial charge is 0.176 e. The topological polar surface area (TPSA) is 68.5 Å². The number of thioether (sulfide) groups is 1. The molecule has 3 heterocycles. The highest BCUT2D eigenvalue weighted by molar-refractivity contribution is 8.00. The number of nitrogens with one attached hydrogen (secondary N) is 1. The highest BCUT2D eigenvalue weighted by Crippen LogP contribution is 2.32. The van der Waals surface area contributed by atoms with E-state index in [0.29, 0.717) is 0 Å². The molecule has 0 aliphatic heterocycles. The van der Waals surface area contributed by atoms with E-state index < -0.39 is 0 Å². The van der Waals surface area contributed by atoms with Gasteiger partial charge in [0.25, 0.3) is 0 Å². The second-order valence-corrected chi connectivity index (χ2v) is 7.93. The predicted octanol–water partition coefficient (Wildman–Crippen LogP) is 4.23. The summed E-state index contributed by atoms with van der Waals surface area (Å²) in [4.78, 5) is 13.2. The number of rotatable bonds is 6. The van der Waals surface area contributed by atoms with E-state index in [9.17, 15) is 0 Å². The molecule has 4 rings (SSSR count). The Balaban J connectivity index is 1.52. The number of fused-ring (bicyclic) bond motifs is 1. The van der Waals surface area contributed by atoms with Gasteiger partial charge in [-0.2, -0.15) is 5.10 Å². The van der Waals surface area contributed by atoms with Gasteiger partial charge >= 0.3 is 0 Å². The zero-order chi connectivity index (χ0) is 17.9. The van der Waals surface area contributed by atoms with Gasteiger partial charge in [0.05, 0.1) is 18.8 Å². The number of thiazole rings is 1. The Hall–Kier alpha value is -2.45. The molecule has 0 bridgehead atoms. The fourth-order valence-electron chi connectivity index (χ4n) is 2.67. The molecule has 0 spiro atoms. The molecule has 0 saturated heterocycles. The van der Waals surface area contributed by atoms with Crippen molar-refractivity contribution in [3.63, 3.8) is 0 Å². The number of hydrogen-bond acceptors (Lipinski definition) is 7. The maximum atomic E-state index is 4.50. The third kappa shape index (κ3) is 3.56. The Morgan fingerprint density at radius 2 is 2.08 bits per heavy atom. The lowest BCUT2D eigenvalue weighted by Gasteiger charge is -2.12. The van der Waals surface area contributed by atoms with Gasteiger partial charge < -0.3 is 5.32 Å². The van der Waals surface area contributed by atoms with E-state index in [1.807, 2.05) is 35.3 Å². The molecule has 0 aliphatic carbocycles. The van der Waals surface area contributed by atoms with E-state index in [-0.39, 0.29) is 6.04 Å². The standard InChI is InChI=1S/C18H18N6S2/c1-12(14-8-21-24(10-14)9-13-6-4-3-5-7-13)22-16-15-17(20-11-19-16)23-18(25-2)26-15/h3-8,10-12H,9H2,1-2H3,(H,19,20,22). The maximum absolute atomic E-state index is 4.50. The summed E-state index contributed by atoms with van der Waals surface area (Å²) in [7, 11) is 0. The van der Waals surface area contributed by atoms with Gasteiger partial charge in [-0.15, -0.1) is 11.3 Å². The molecule has 8 heteroatoms. The van der Waals surface area contributed by atoms with Crippen molar-refractivity contribution in [3.8, 4) is 0 Å². The van der Waals surface area contributed by atoms with Crippen LogP contribution in [0.2, 0.25) is 0 Å². The van der Waals surface area contributed by atoms with Crippen LogP contribution in [0, 0.1) is 0 Å². The van der Waals surface area contributed by atoms with Gasteiger partial charge in [-0.1, -0.05) is 42.1 Å². The number of nitrogens with zero attached hydrogens (tertiary/aromatic N) is 5. The minimum Gasteiger partial charge on any atom is -0.362 e. The lowest BCUT2D eigenvalue weighted by Crippen LogP contribution is -2.07. The number of hydrogen-bond donors (Lipinski definition) is 1. The summed E-state index contributed by atoms with van der Waals surface area (Å²) in [5.74, 6) is 0.816. The van der Waals surface area contributed by atoms with Crippen LogP contribution in [0.3, 0.4) is 0 Å². The first-order valence-electron chi connectivity index (χ1n) is 8.21. The van der Waals surface area contributed by atoms with E-state index in [2.05, 4.69) is 50.6 Å². The van der Waals surface area contributed by atoms with Crippen LogP contribution in [0.5, 0.6) is 0 Å². The first-order chi connectivity index (χ1) is 12.7. The molecule has 132 valence electrons. The quantitative estimate of drug-likeness (QED) is 0.504. The Labute approximate surface area is 159 Å². The summed E-state index contributed by atoms with van der Waals surface area (Å²) in [5, 5.41) is 7.96. The highest BCUT2D eigenvalue weighted by atomic mass is 32.2. The Bertz CT molecular complexity index is 1010. The van der Waals surface area contributed by atoms with Crippen LogP contribution in [0.1, 0.15) is 24.1 Å². The van der Waals surface area contributed by atoms with Gasteiger partial charge in [-0.05, 0) is 18.7 Å². The Morgan fingerprint density at radius 3 is 2.88 bits per heavy atom. The second kappa shape index (κ2) is 7.43. The molecular formula is C18H18N6S2. The van der Waals surface area contributed by atoms with E-state index >= 15 is 0 Å². The first-order valence-corrected chi connectivity index (χ1v) is 10.3. The zero-order valence-corrected chi connectivity index (χ0v) is 16.1. The minimum atomic E-state index is 0.0810. The summed E-state index contributed by atoms with van der Waals surface area (Å²) in [6, 6.07) is 10.4. The third-order valence-corrected chi connectivity index (χ3v) is 6.08. The van der Waals surface area contributed by atoms with Crippen LogP contribution in [0.4, 0.5) is 5.82 Å². The molecule has 0 aliphatic rings. The van der Waals surface area contributed by atoms with E-state index in [0.717, 1.165) is 32.6 Å². The van der Waals surface area contributed by atoms with Crippen molar-refractivity contribution in [2.24, 2.45) is 0 Å². The average molecular weight is 383 g/mol. The van der Waals surface area contributed by atoms with E-state index in [1.54, 1.807) is 29.4 Å². The Kier molecular flexibility index (Phi) is 4.85. The SMILES string of the molecule is CSc1nc2ncnc(NC(C)c3cnn(Cc4ccccc4)c3)c2s1. The van der Waals surface area contributed by atoms with Crippen LogP contribution in [-0.2, 0) is 6.54 Å². The van der Waals surface area contributed by atoms with Gasteiger partial charge in [0, 0.05) is 11.8 Å². The molecule has 26 heavy (non-hydrogen) atoms. The maximum Gasteiger partial charge on any atom is 0.176 e. The number of aromatic nitrogens is 5. The summed E-state index contributed by atoms with van der Waals surface area (Å²) >= 11 is 3.23. The van der Waals surface area contributed by atoms with Crippen LogP contribution in [-0.4, -0.2) is 31.0 Å². The Morgan fingerprint density at radius 1 is 1.23 bits per heavy atom. The molecule has 1 unspecified atom stereocenters. The molecule has 6 nitrogen and oxygen atoms in total. The van der Waals surface area contributed by atoms with Crippen LogP contribution in [0.15, 0.2) is 53.4 Å². The molecule has 4 aromatic rings. The number of benzene rings is 1. The van der Waals surface area contributed by atoms with Gasteiger partial charge in [-0.3, -0.25) is 4.68 Å². The van der Waals surface area contributed by atoms with Crippen LogP contribution >= 0.6 is 23.1 Å². The normalized spacial score (nSPS) is 12.4. The summed E-state index contributed by atoms with van der Waals surface area (Å²) in [6.07, 6.45) is 7.55. The van der Waals surface area contributed by atoms with Gasteiger partial charge in [0.1, 0.15) is 16.8 Å². The molecular weight excluding hydrogens is 364 g/mol. The minimum absolute atomic E-state index is 0.0810. The van der Waals surface area contributed by atoms with Crippen molar-refractivity contribution in [1.29, 1.82) is 0 Å². The van der Waals surface area contributed by atoms with Crippen molar-refractivity contribution in [2.45, 2.75) is 23.8 Å². The molecule has 0 fully saturated rings. The molecule has 1 aromatic carbocycles. The number of anilines is 1. The lowest BCUT2D eigenvalue weighted by atomic mass is 10.2. The summed E-state index contributed by atoms with van der Waals surface area (Å²) in [6.45, 7) is 2.87. The molecule has 0 radical (unpaired) electrons. The molecule has 0 amide bonds. The summed E-state index contributed by atoms with van der Waals surface area (Å²) in [5.41, 5.74) is 3.08. The lowest BCUT2D eigenvalue weighted by molar-refractivity contribution is 0.685. The van der Waals surface area contributed by atoms with Crippen molar-refractivity contribution in [3.05, 3.63) is 60.2 Å². The fourth-order valence-corrected chi connectivity index (χ4v) is 4.14. The van der Waals surface area contributed by atoms with Crippen molar-refractivity contribution in [1.82, 2.24) is 24.7 Å². The predicted molar refractivity (Wildman–Crippen MR) is 107 cm³/mol. The zero-order valence-electron chi connectivity index (χ0n) is 14.5. The molecule has 0 saturated carbocycles. The summed E-state index contributed by atoms with van der Waals surface area (Å²) < 4.78 is 3.93. The van der Waals surface area contributed by atoms with Gasteiger partial charge in [0.2, 0.25) is 0 Å². The van der Waals surface area contributed by atoms with Crippen LogP contribution in [0.25, 0.3) is 10.3 Å². The van der Waals surface area contributed by atoms with Crippen molar-refractivity contribution >= 4 is 39.3 Å². The van der Waals surface area contributed by atoms with Gasteiger partial charge in [-0.25, -0.2) is 15.0 Å². The highest BCUT2D eigenvalue weighted by Gasteiger charge is 2.14. The van der Waals surface area contributed by atoms with E-state index in [4.69, 9.17) is 0 Å². The third-order valence-electron chi connectivity index (χ3n) is 4.04. The van der Waals surface area contributed by atoms with Gasteiger partial charge in [0.15, 0.2) is 9.99 Å². The average Bonchev–Trinajstić information content (AvgIpc) is 3.30. The molecule has 3 aromatic heterocycles. The monoisotopic (exact) mass is 382 g/mol. The first kappa shape index (κ1) is 17.0. The van der Waals surface area contributed by atoms with Crippen molar-refractivity contribution in [2.75, 3.05) is 11.6 Å². The largest absolute Gasteiger partial charge is 0.362 e. The second-order valence-electron chi connectivity index (χ2n) is 5.88. The van der Waals surface area contributed by atoms with E-state index in [1.165, 1.54) is 5.56 Å². The van der Waals surface area contributed by atoms with Crippen LogP contribution < -0.4 is 5.32 Å². The fraction of sp³-hybridized carbons (Fsp3) is 0.222. The molecule has 1 atom stereocenters. The van der Waals surface area contributed by atoms with Crippen molar-refractivity contribution < 1.29 is 0 Å². The molecule has 1 N–H and O–H groups in total.